The highest BCUT2D eigenvalue weighted by Gasteiger charge is 2.34. The monoisotopic (exact) mass is 200 g/mol. The molecule has 0 radical (unpaired) electrons. The van der Waals surface area contributed by atoms with Crippen molar-refractivity contribution in [2.75, 3.05) is 7.11 Å². The first-order valence-corrected chi connectivity index (χ1v) is 4.85. The van der Waals surface area contributed by atoms with Gasteiger partial charge in [-0.05, 0) is 31.1 Å². The Bertz CT molecular complexity index is 230. The Morgan fingerprint density at radius 1 is 1.50 bits per heavy atom. The fourth-order valence-corrected chi connectivity index (χ4v) is 2.03. The number of aliphatic carboxylic acids is 1. The summed E-state index contributed by atoms with van der Waals surface area (Å²) < 4.78 is 4.45. The number of carboxylic acids is 1. The van der Waals surface area contributed by atoms with Crippen molar-refractivity contribution in [3.8, 4) is 0 Å². The predicted octanol–water partition coefficient (Wildman–Crippen LogP) is 1.30. The van der Waals surface area contributed by atoms with Crippen LogP contribution in [0.3, 0.4) is 0 Å². The molecule has 1 rings (SSSR count). The molecule has 1 fully saturated rings. The second kappa shape index (κ2) is 4.44. The Balaban J connectivity index is 2.44. The third-order valence-electron chi connectivity index (χ3n) is 2.82. The van der Waals surface area contributed by atoms with Crippen molar-refractivity contribution in [3.05, 3.63) is 0 Å². The summed E-state index contributed by atoms with van der Waals surface area (Å²) in [6.45, 7) is 2.13. The molecule has 0 aromatic rings. The maximum atomic E-state index is 11.1. The Morgan fingerprint density at radius 3 is 2.43 bits per heavy atom. The molecule has 1 aliphatic rings. The summed E-state index contributed by atoms with van der Waals surface area (Å²) >= 11 is 0. The Hall–Kier alpha value is -1.06. The summed E-state index contributed by atoms with van der Waals surface area (Å²) in [6.07, 6.45) is 2.48. The van der Waals surface area contributed by atoms with Crippen LogP contribution in [0.25, 0.3) is 0 Å². The highest BCUT2D eigenvalue weighted by atomic mass is 16.5. The van der Waals surface area contributed by atoms with Crippen LogP contribution in [0, 0.1) is 17.8 Å². The summed E-state index contributed by atoms with van der Waals surface area (Å²) in [5.74, 6) is -1.62. The molecule has 0 aromatic heterocycles. The zero-order chi connectivity index (χ0) is 10.7. The third kappa shape index (κ3) is 2.47. The molecule has 1 N–H and O–H groups in total. The van der Waals surface area contributed by atoms with E-state index < -0.39 is 17.9 Å². The quantitative estimate of drug-likeness (QED) is 0.548. The maximum absolute atomic E-state index is 11.1. The van der Waals surface area contributed by atoms with Crippen molar-refractivity contribution in [3.63, 3.8) is 0 Å². The molecule has 4 heteroatoms. The van der Waals surface area contributed by atoms with Gasteiger partial charge in [0.15, 0.2) is 5.92 Å². The van der Waals surface area contributed by atoms with Gasteiger partial charge in [0.25, 0.3) is 0 Å². The van der Waals surface area contributed by atoms with E-state index in [1.807, 2.05) is 0 Å². The molecule has 0 bridgehead atoms. The van der Waals surface area contributed by atoms with Gasteiger partial charge in [0.2, 0.25) is 0 Å². The van der Waals surface area contributed by atoms with Gasteiger partial charge in [0, 0.05) is 0 Å². The molecule has 14 heavy (non-hydrogen) atoms. The average molecular weight is 200 g/mol. The molecule has 1 aliphatic carbocycles. The van der Waals surface area contributed by atoms with Gasteiger partial charge in [-0.15, -0.1) is 0 Å². The fourth-order valence-electron chi connectivity index (χ4n) is 2.03. The lowest BCUT2D eigenvalue weighted by molar-refractivity contribution is -0.158. The lowest BCUT2D eigenvalue weighted by Gasteiger charge is -2.33. The molecule has 1 saturated carbocycles. The first-order chi connectivity index (χ1) is 6.54. The molecule has 1 atom stereocenters. The van der Waals surface area contributed by atoms with E-state index in [1.165, 1.54) is 7.11 Å². The van der Waals surface area contributed by atoms with Crippen LogP contribution < -0.4 is 0 Å². The van der Waals surface area contributed by atoms with Gasteiger partial charge in [-0.2, -0.15) is 0 Å². The summed E-state index contributed by atoms with van der Waals surface area (Å²) in [5, 5.41) is 8.81. The smallest absolute Gasteiger partial charge is 0.320 e. The second-order valence-corrected chi connectivity index (χ2v) is 4.09. The van der Waals surface area contributed by atoms with Gasteiger partial charge in [-0.3, -0.25) is 9.59 Å². The highest BCUT2D eigenvalue weighted by molar-refractivity contribution is 5.93. The minimum atomic E-state index is -1.07. The van der Waals surface area contributed by atoms with Crippen molar-refractivity contribution in [1.29, 1.82) is 0 Å². The largest absolute Gasteiger partial charge is 0.481 e. The van der Waals surface area contributed by atoms with Crippen LogP contribution >= 0.6 is 0 Å². The number of rotatable bonds is 4. The van der Waals surface area contributed by atoms with Crippen LogP contribution in [0.2, 0.25) is 0 Å². The molecule has 0 aliphatic heterocycles. The average Bonchev–Trinajstić information content (AvgIpc) is 2.08. The van der Waals surface area contributed by atoms with Gasteiger partial charge in [0.05, 0.1) is 7.11 Å². The minimum absolute atomic E-state index is 0.380. The molecule has 0 aromatic carbocycles. The van der Waals surface area contributed by atoms with E-state index in [9.17, 15) is 9.59 Å². The van der Waals surface area contributed by atoms with E-state index in [0.717, 1.165) is 12.8 Å². The normalized spacial score (nSPS) is 27.6. The van der Waals surface area contributed by atoms with Crippen molar-refractivity contribution in [2.45, 2.75) is 26.2 Å². The van der Waals surface area contributed by atoms with E-state index in [-0.39, 0.29) is 0 Å². The highest BCUT2D eigenvalue weighted by Crippen LogP contribution is 2.37. The van der Waals surface area contributed by atoms with Crippen LogP contribution in [0.4, 0.5) is 0 Å². The first-order valence-electron chi connectivity index (χ1n) is 4.85. The van der Waals surface area contributed by atoms with E-state index in [0.29, 0.717) is 18.3 Å². The van der Waals surface area contributed by atoms with Gasteiger partial charge in [-0.25, -0.2) is 0 Å². The molecule has 0 spiro atoms. The Labute approximate surface area is 83.2 Å². The van der Waals surface area contributed by atoms with E-state index in [1.54, 1.807) is 0 Å². The molecule has 0 heterocycles. The Morgan fingerprint density at radius 2 is 2.07 bits per heavy atom. The van der Waals surface area contributed by atoms with E-state index >= 15 is 0 Å². The SMILES string of the molecule is COC(=O)C(CC1CC(C)C1)C(=O)O. The Kier molecular flexibility index (Phi) is 3.49. The number of hydrogen-bond donors (Lipinski definition) is 1. The van der Waals surface area contributed by atoms with Gasteiger partial charge < -0.3 is 9.84 Å². The maximum Gasteiger partial charge on any atom is 0.320 e. The number of esters is 1. The van der Waals surface area contributed by atoms with Crippen LogP contribution in [-0.4, -0.2) is 24.2 Å². The minimum Gasteiger partial charge on any atom is -0.481 e. The molecular formula is C10H16O4. The van der Waals surface area contributed by atoms with Gasteiger partial charge >= 0.3 is 11.9 Å². The van der Waals surface area contributed by atoms with Crippen LogP contribution in [0.5, 0.6) is 0 Å². The fraction of sp³-hybridized carbons (Fsp3) is 0.800. The van der Waals surface area contributed by atoms with Crippen molar-refractivity contribution >= 4 is 11.9 Å². The summed E-state index contributed by atoms with van der Waals surface area (Å²) in [4.78, 5) is 21.9. The van der Waals surface area contributed by atoms with Crippen molar-refractivity contribution in [1.82, 2.24) is 0 Å². The lowest BCUT2D eigenvalue weighted by Crippen LogP contribution is -2.31. The van der Waals surface area contributed by atoms with Crippen molar-refractivity contribution in [2.24, 2.45) is 17.8 Å². The van der Waals surface area contributed by atoms with Crippen LogP contribution in [0.1, 0.15) is 26.2 Å². The zero-order valence-electron chi connectivity index (χ0n) is 8.53. The number of carbonyl (C=O) groups excluding carboxylic acids is 1. The number of ether oxygens (including phenoxy) is 1. The second-order valence-electron chi connectivity index (χ2n) is 4.09. The summed E-state index contributed by atoms with van der Waals surface area (Å²) in [6, 6.07) is 0. The topological polar surface area (TPSA) is 63.6 Å². The summed E-state index contributed by atoms with van der Waals surface area (Å²) in [7, 11) is 1.22. The molecular weight excluding hydrogens is 184 g/mol. The van der Waals surface area contributed by atoms with Crippen LogP contribution in [-0.2, 0) is 14.3 Å². The van der Waals surface area contributed by atoms with Gasteiger partial charge in [0.1, 0.15) is 0 Å². The third-order valence-corrected chi connectivity index (χ3v) is 2.82. The number of hydrogen-bond acceptors (Lipinski definition) is 3. The molecule has 1 unspecified atom stereocenters. The summed E-state index contributed by atoms with van der Waals surface area (Å²) in [5.41, 5.74) is 0. The lowest BCUT2D eigenvalue weighted by atomic mass is 9.72. The predicted molar refractivity (Wildman–Crippen MR) is 49.6 cm³/mol. The zero-order valence-corrected chi connectivity index (χ0v) is 8.53. The molecule has 4 nitrogen and oxygen atoms in total. The van der Waals surface area contributed by atoms with E-state index in [4.69, 9.17) is 5.11 Å². The van der Waals surface area contributed by atoms with E-state index in [2.05, 4.69) is 11.7 Å². The van der Waals surface area contributed by atoms with Gasteiger partial charge in [-0.1, -0.05) is 6.92 Å². The standard InChI is InChI=1S/C10H16O4/c1-6-3-7(4-6)5-8(9(11)12)10(13)14-2/h6-8H,3-5H2,1-2H3,(H,11,12). The number of carboxylic acid groups (broad SMARTS) is 1. The molecule has 0 amide bonds. The van der Waals surface area contributed by atoms with Crippen LogP contribution in [0.15, 0.2) is 0 Å². The first kappa shape index (κ1) is 11.0. The number of carbonyl (C=O) groups is 2. The molecule has 0 saturated heterocycles. The molecule has 80 valence electrons. The van der Waals surface area contributed by atoms with Crippen molar-refractivity contribution < 1.29 is 19.4 Å². The number of methoxy groups -OCH3 is 1.